The Kier molecular flexibility index (Phi) is 8.25. The Balaban J connectivity index is 0.000000234. The summed E-state index contributed by atoms with van der Waals surface area (Å²) in [5, 5.41) is 6.01. The highest BCUT2D eigenvalue weighted by atomic mass is 16.2. The SMILES string of the molecule is CCCN1CCNC(=O)C1CC(=O)NC1CCCC(C)C1.c1ccc2[nH]cnc2c1. The smallest absolute Gasteiger partial charge is 0.237 e. The number of nitrogens with zero attached hydrogens (tertiary/aromatic N) is 2. The van der Waals surface area contributed by atoms with Crippen LogP contribution in [0.5, 0.6) is 0 Å². The van der Waals surface area contributed by atoms with E-state index >= 15 is 0 Å². The molecule has 164 valence electrons. The van der Waals surface area contributed by atoms with Crippen LogP contribution in [0, 0.1) is 5.92 Å². The summed E-state index contributed by atoms with van der Waals surface area (Å²) < 4.78 is 0. The lowest BCUT2D eigenvalue weighted by Gasteiger charge is -2.35. The molecule has 1 aliphatic heterocycles. The summed E-state index contributed by atoms with van der Waals surface area (Å²) in [6.07, 6.45) is 7.60. The van der Waals surface area contributed by atoms with Gasteiger partial charge in [0, 0.05) is 19.1 Å². The molecule has 1 saturated heterocycles. The summed E-state index contributed by atoms with van der Waals surface area (Å²) in [5.41, 5.74) is 2.12. The van der Waals surface area contributed by atoms with E-state index in [4.69, 9.17) is 0 Å². The Labute approximate surface area is 179 Å². The van der Waals surface area contributed by atoms with Gasteiger partial charge in [0.2, 0.25) is 11.8 Å². The second-order valence-corrected chi connectivity index (χ2v) is 8.50. The van der Waals surface area contributed by atoms with Crippen LogP contribution in [0.2, 0.25) is 0 Å². The molecule has 2 aliphatic rings. The van der Waals surface area contributed by atoms with Crippen LogP contribution < -0.4 is 10.6 Å². The molecular formula is C23H35N5O2. The van der Waals surface area contributed by atoms with Gasteiger partial charge in [0.25, 0.3) is 0 Å². The zero-order chi connectivity index (χ0) is 21.3. The molecule has 1 aromatic heterocycles. The number of nitrogens with one attached hydrogen (secondary N) is 3. The van der Waals surface area contributed by atoms with Gasteiger partial charge in [-0.15, -0.1) is 0 Å². The molecule has 3 atom stereocenters. The first-order valence-corrected chi connectivity index (χ1v) is 11.3. The van der Waals surface area contributed by atoms with Gasteiger partial charge in [0.05, 0.1) is 29.8 Å². The number of H-pyrrole nitrogens is 1. The first-order valence-electron chi connectivity index (χ1n) is 11.3. The lowest BCUT2D eigenvalue weighted by molar-refractivity contribution is -0.134. The van der Waals surface area contributed by atoms with E-state index in [0.717, 1.165) is 43.4 Å². The van der Waals surface area contributed by atoms with Gasteiger partial charge >= 0.3 is 0 Å². The Morgan fingerprint density at radius 3 is 2.90 bits per heavy atom. The van der Waals surface area contributed by atoms with Gasteiger partial charge in [-0.05, 0) is 43.9 Å². The lowest BCUT2D eigenvalue weighted by Crippen LogP contribution is -2.57. The van der Waals surface area contributed by atoms with E-state index in [9.17, 15) is 9.59 Å². The van der Waals surface area contributed by atoms with Crippen molar-refractivity contribution in [3.63, 3.8) is 0 Å². The maximum Gasteiger partial charge on any atom is 0.237 e. The molecule has 30 heavy (non-hydrogen) atoms. The summed E-state index contributed by atoms with van der Waals surface area (Å²) in [6, 6.07) is 7.95. The zero-order valence-electron chi connectivity index (χ0n) is 18.2. The van der Waals surface area contributed by atoms with E-state index in [2.05, 4.69) is 39.3 Å². The molecule has 7 nitrogen and oxygen atoms in total. The van der Waals surface area contributed by atoms with Crippen LogP contribution in [-0.2, 0) is 9.59 Å². The number of carbonyl (C=O) groups is 2. The van der Waals surface area contributed by atoms with Crippen LogP contribution in [0.25, 0.3) is 11.0 Å². The topological polar surface area (TPSA) is 90.1 Å². The molecule has 2 heterocycles. The van der Waals surface area contributed by atoms with Crippen molar-refractivity contribution in [3.8, 4) is 0 Å². The van der Waals surface area contributed by atoms with Crippen LogP contribution in [0.1, 0.15) is 52.4 Å². The highest BCUT2D eigenvalue weighted by molar-refractivity contribution is 5.88. The van der Waals surface area contributed by atoms with Crippen molar-refractivity contribution >= 4 is 22.8 Å². The van der Waals surface area contributed by atoms with Crippen LogP contribution in [-0.4, -0.2) is 58.4 Å². The lowest BCUT2D eigenvalue weighted by atomic mass is 9.87. The Morgan fingerprint density at radius 1 is 1.30 bits per heavy atom. The van der Waals surface area contributed by atoms with Gasteiger partial charge in [0.15, 0.2) is 0 Å². The fourth-order valence-corrected chi connectivity index (χ4v) is 4.45. The molecule has 0 spiro atoms. The number of amides is 2. The Bertz CT molecular complexity index is 789. The molecule has 0 radical (unpaired) electrons. The van der Waals surface area contributed by atoms with Gasteiger partial charge in [-0.3, -0.25) is 14.5 Å². The molecule has 2 amide bonds. The number of carbonyl (C=O) groups excluding carboxylic acids is 2. The van der Waals surface area contributed by atoms with Crippen LogP contribution >= 0.6 is 0 Å². The number of fused-ring (bicyclic) bond motifs is 1. The van der Waals surface area contributed by atoms with Gasteiger partial charge < -0.3 is 15.6 Å². The molecule has 3 unspecified atom stereocenters. The predicted octanol–water partition coefficient (Wildman–Crippen LogP) is 2.84. The molecule has 1 aromatic carbocycles. The fraction of sp³-hybridized carbons (Fsp3) is 0.609. The second kappa shape index (κ2) is 11.1. The number of aromatic nitrogens is 2. The van der Waals surface area contributed by atoms with Crippen LogP contribution in [0.4, 0.5) is 0 Å². The van der Waals surface area contributed by atoms with E-state index in [1.807, 2.05) is 24.3 Å². The third-order valence-corrected chi connectivity index (χ3v) is 5.96. The van der Waals surface area contributed by atoms with Crippen molar-refractivity contribution in [3.05, 3.63) is 30.6 Å². The van der Waals surface area contributed by atoms with E-state index in [1.165, 1.54) is 12.8 Å². The standard InChI is InChI=1S/C16H29N3O2.C7H6N2/c1-3-8-19-9-7-17-16(21)14(19)11-15(20)18-13-6-4-5-12(2)10-13;1-2-4-7-6(3-1)8-5-9-7/h12-14H,3-11H2,1-2H3,(H,17,21)(H,18,20);1-5H,(H,8,9). The van der Waals surface area contributed by atoms with E-state index < -0.39 is 0 Å². The molecule has 2 aromatic rings. The largest absolute Gasteiger partial charge is 0.353 e. The van der Waals surface area contributed by atoms with Crippen molar-refractivity contribution < 1.29 is 9.59 Å². The van der Waals surface area contributed by atoms with E-state index in [0.29, 0.717) is 18.5 Å². The van der Waals surface area contributed by atoms with Gasteiger partial charge in [-0.1, -0.05) is 38.8 Å². The summed E-state index contributed by atoms with van der Waals surface area (Å²) in [6.45, 7) is 6.77. The number of benzene rings is 1. The fourth-order valence-electron chi connectivity index (χ4n) is 4.45. The highest BCUT2D eigenvalue weighted by Crippen LogP contribution is 2.23. The number of rotatable bonds is 5. The third kappa shape index (κ3) is 6.29. The Morgan fingerprint density at radius 2 is 2.13 bits per heavy atom. The number of hydrogen-bond donors (Lipinski definition) is 3. The molecule has 7 heteroatoms. The number of piperazine rings is 1. The minimum absolute atomic E-state index is 0.00172. The van der Waals surface area contributed by atoms with Crippen molar-refractivity contribution in [1.29, 1.82) is 0 Å². The Hall–Kier alpha value is -2.41. The molecule has 1 saturated carbocycles. The second-order valence-electron chi connectivity index (χ2n) is 8.50. The summed E-state index contributed by atoms with van der Waals surface area (Å²) in [4.78, 5) is 33.5. The van der Waals surface area contributed by atoms with E-state index in [1.54, 1.807) is 6.33 Å². The van der Waals surface area contributed by atoms with Gasteiger partial charge in [0.1, 0.15) is 0 Å². The monoisotopic (exact) mass is 413 g/mol. The average Bonchev–Trinajstić information content (AvgIpc) is 3.20. The van der Waals surface area contributed by atoms with Gasteiger partial charge in [-0.25, -0.2) is 4.98 Å². The summed E-state index contributed by atoms with van der Waals surface area (Å²) in [7, 11) is 0. The summed E-state index contributed by atoms with van der Waals surface area (Å²) in [5.74, 6) is 0.720. The van der Waals surface area contributed by atoms with Crippen molar-refractivity contribution in [2.45, 2.75) is 64.5 Å². The molecular weight excluding hydrogens is 378 g/mol. The molecule has 3 N–H and O–H groups in total. The number of aromatic amines is 1. The number of imidazole rings is 1. The molecule has 0 bridgehead atoms. The normalized spacial score (nSPS) is 24.6. The zero-order valence-corrected chi connectivity index (χ0v) is 18.2. The summed E-state index contributed by atoms with van der Waals surface area (Å²) >= 11 is 0. The van der Waals surface area contributed by atoms with E-state index in [-0.39, 0.29) is 24.3 Å². The third-order valence-electron chi connectivity index (χ3n) is 5.96. The van der Waals surface area contributed by atoms with Crippen LogP contribution in [0.15, 0.2) is 30.6 Å². The van der Waals surface area contributed by atoms with Crippen molar-refractivity contribution in [1.82, 2.24) is 25.5 Å². The number of hydrogen-bond acceptors (Lipinski definition) is 4. The van der Waals surface area contributed by atoms with Crippen molar-refractivity contribution in [2.24, 2.45) is 5.92 Å². The first kappa shape index (κ1) is 22.3. The quantitative estimate of drug-likeness (QED) is 0.703. The maximum absolute atomic E-state index is 12.3. The van der Waals surface area contributed by atoms with Crippen molar-refractivity contribution in [2.75, 3.05) is 19.6 Å². The number of para-hydroxylation sites is 2. The minimum atomic E-state index is -0.292. The minimum Gasteiger partial charge on any atom is -0.353 e. The van der Waals surface area contributed by atoms with Crippen LogP contribution in [0.3, 0.4) is 0 Å². The highest BCUT2D eigenvalue weighted by Gasteiger charge is 2.31. The van der Waals surface area contributed by atoms with Gasteiger partial charge in [-0.2, -0.15) is 0 Å². The first-order chi connectivity index (χ1) is 14.6. The molecule has 2 fully saturated rings. The maximum atomic E-state index is 12.3. The average molecular weight is 414 g/mol. The molecule has 1 aliphatic carbocycles. The predicted molar refractivity (Wildman–Crippen MR) is 119 cm³/mol. The molecule has 4 rings (SSSR count).